The Labute approximate surface area is 143 Å². The van der Waals surface area contributed by atoms with Crippen molar-refractivity contribution in [2.75, 3.05) is 6.54 Å². The number of nitrogens with one attached hydrogen (secondary N) is 1. The fraction of sp³-hybridized carbons (Fsp3) is 0.412. The van der Waals surface area contributed by atoms with Crippen molar-refractivity contribution in [1.29, 1.82) is 0 Å². The Morgan fingerprint density at radius 3 is 2.39 bits per heavy atom. The van der Waals surface area contributed by atoms with Crippen molar-refractivity contribution >= 4 is 18.3 Å². The number of hydrogen-bond donors (Lipinski definition) is 2. The van der Waals surface area contributed by atoms with Crippen LogP contribution < -0.4 is 11.1 Å². The molecule has 2 rings (SSSR count). The zero-order valence-corrected chi connectivity index (χ0v) is 14.6. The minimum absolute atomic E-state index is 0. The fourth-order valence-electron chi connectivity index (χ4n) is 2.38. The van der Waals surface area contributed by atoms with Gasteiger partial charge in [-0.05, 0) is 31.9 Å². The van der Waals surface area contributed by atoms with Crippen molar-refractivity contribution in [1.82, 2.24) is 10.3 Å². The molecule has 0 unspecified atom stereocenters. The molecule has 126 valence electrons. The summed E-state index contributed by atoms with van der Waals surface area (Å²) in [4.78, 5) is 16.9. The Morgan fingerprint density at radius 1 is 1.26 bits per heavy atom. The van der Waals surface area contributed by atoms with E-state index in [4.69, 9.17) is 10.2 Å². The smallest absolute Gasteiger partial charge is 0.289 e. The van der Waals surface area contributed by atoms with Crippen LogP contribution in [0.15, 0.2) is 34.7 Å². The van der Waals surface area contributed by atoms with E-state index in [9.17, 15) is 4.79 Å². The summed E-state index contributed by atoms with van der Waals surface area (Å²) in [6.07, 6.45) is 1.54. The van der Waals surface area contributed by atoms with Crippen molar-refractivity contribution in [2.45, 2.75) is 39.2 Å². The average molecular weight is 338 g/mol. The van der Waals surface area contributed by atoms with Crippen LogP contribution in [0, 0.1) is 6.92 Å². The molecule has 3 N–H and O–H groups in total. The predicted molar refractivity (Wildman–Crippen MR) is 93.8 cm³/mol. The lowest BCUT2D eigenvalue weighted by atomic mass is 9.93. The second-order valence-corrected chi connectivity index (χ2v) is 5.45. The van der Waals surface area contributed by atoms with Gasteiger partial charge >= 0.3 is 0 Å². The van der Waals surface area contributed by atoms with E-state index in [1.54, 1.807) is 6.92 Å². The molecule has 0 bridgehead atoms. The van der Waals surface area contributed by atoms with Gasteiger partial charge in [0.1, 0.15) is 0 Å². The second kappa shape index (κ2) is 8.13. The molecule has 1 aromatic carbocycles. The van der Waals surface area contributed by atoms with Gasteiger partial charge in [0.15, 0.2) is 0 Å². The summed E-state index contributed by atoms with van der Waals surface area (Å²) in [6, 6.07) is 9.53. The van der Waals surface area contributed by atoms with Gasteiger partial charge in [-0.1, -0.05) is 32.0 Å². The highest BCUT2D eigenvalue weighted by atomic mass is 35.5. The topological polar surface area (TPSA) is 81.1 Å². The minimum atomic E-state index is -0.400. The molecule has 1 aromatic heterocycles. The van der Waals surface area contributed by atoms with Crippen LogP contribution in [0.1, 0.15) is 42.9 Å². The molecule has 1 amide bonds. The van der Waals surface area contributed by atoms with Crippen molar-refractivity contribution in [2.24, 2.45) is 5.73 Å². The molecule has 1 heterocycles. The number of carbonyl (C=O) groups is 1. The highest BCUT2D eigenvalue weighted by Gasteiger charge is 2.29. The number of amides is 1. The van der Waals surface area contributed by atoms with Crippen LogP contribution >= 0.6 is 12.4 Å². The molecule has 0 saturated heterocycles. The van der Waals surface area contributed by atoms with Crippen LogP contribution in [0.5, 0.6) is 0 Å². The first-order valence-corrected chi connectivity index (χ1v) is 7.60. The van der Waals surface area contributed by atoms with E-state index in [2.05, 4.69) is 10.3 Å². The van der Waals surface area contributed by atoms with Gasteiger partial charge in [-0.3, -0.25) is 4.79 Å². The highest BCUT2D eigenvalue weighted by Crippen LogP contribution is 2.22. The summed E-state index contributed by atoms with van der Waals surface area (Å²) in [5, 5.41) is 3.00. The number of nitrogens with zero attached hydrogens (tertiary/aromatic N) is 1. The number of aryl methyl sites for hydroxylation is 1. The van der Waals surface area contributed by atoms with Crippen molar-refractivity contribution < 1.29 is 9.21 Å². The summed E-state index contributed by atoms with van der Waals surface area (Å²) in [5.41, 5.74) is 6.86. The van der Waals surface area contributed by atoms with Gasteiger partial charge in [0, 0.05) is 12.1 Å². The molecule has 2 aromatic rings. The number of benzene rings is 1. The first kappa shape index (κ1) is 19.2. The van der Waals surface area contributed by atoms with Crippen LogP contribution in [0.3, 0.4) is 0 Å². The predicted octanol–water partition coefficient (Wildman–Crippen LogP) is 3.32. The van der Waals surface area contributed by atoms with Gasteiger partial charge in [-0.2, -0.15) is 0 Å². The van der Waals surface area contributed by atoms with Crippen LogP contribution in [0.25, 0.3) is 11.5 Å². The Morgan fingerprint density at radius 2 is 1.87 bits per heavy atom. The molecule has 0 radical (unpaired) electrons. The Balaban J connectivity index is 0.00000264. The standard InChI is InChI=1S/C17H23N3O2.ClH/c1-4-17(5-2,11-18)20-15(21)14-12(3)19-16(22-14)13-9-7-6-8-10-13;/h6-10H,4-5,11,18H2,1-3H3,(H,20,21);1H. The molecule has 0 spiro atoms. The van der Waals surface area contributed by atoms with Crippen molar-refractivity contribution in [3.8, 4) is 11.5 Å². The zero-order chi connectivity index (χ0) is 16.2. The summed E-state index contributed by atoms with van der Waals surface area (Å²) in [7, 11) is 0. The number of aromatic nitrogens is 1. The third-order valence-corrected chi connectivity index (χ3v) is 4.15. The van der Waals surface area contributed by atoms with Crippen molar-refractivity contribution in [3.63, 3.8) is 0 Å². The average Bonchev–Trinajstić information content (AvgIpc) is 2.95. The lowest BCUT2D eigenvalue weighted by molar-refractivity contribution is 0.0866. The van der Waals surface area contributed by atoms with Gasteiger partial charge in [-0.25, -0.2) is 4.98 Å². The van der Waals surface area contributed by atoms with E-state index in [-0.39, 0.29) is 24.1 Å². The maximum absolute atomic E-state index is 12.5. The van der Waals surface area contributed by atoms with E-state index in [0.29, 0.717) is 18.1 Å². The molecule has 0 aliphatic heterocycles. The first-order valence-electron chi connectivity index (χ1n) is 7.60. The molecule has 0 atom stereocenters. The number of oxazole rings is 1. The molecule has 0 fully saturated rings. The number of carbonyl (C=O) groups excluding carboxylic acids is 1. The van der Waals surface area contributed by atoms with Crippen LogP contribution in [0.4, 0.5) is 0 Å². The van der Waals surface area contributed by atoms with Crippen LogP contribution in [0.2, 0.25) is 0 Å². The second-order valence-electron chi connectivity index (χ2n) is 5.45. The Hall–Kier alpha value is -1.85. The molecule has 0 saturated carbocycles. The summed E-state index contributed by atoms with van der Waals surface area (Å²) < 4.78 is 5.68. The van der Waals surface area contributed by atoms with E-state index in [0.717, 1.165) is 18.4 Å². The SMILES string of the molecule is CCC(CC)(CN)NC(=O)c1oc(-c2ccccc2)nc1C.Cl. The Kier molecular flexibility index (Phi) is 6.79. The normalized spacial score (nSPS) is 11.0. The van der Waals surface area contributed by atoms with Gasteiger partial charge < -0.3 is 15.5 Å². The zero-order valence-electron chi connectivity index (χ0n) is 13.8. The van der Waals surface area contributed by atoms with E-state index >= 15 is 0 Å². The summed E-state index contributed by atoms with van der Waals surface area (Å²) >= 11 is 0. The maximum atomic E-state index is 12.5. The number of hydrogen-bond acceptors (Lipinski definition) is 4. The molecule has 5 nitrogen and oxygen atoms in total. The summed E-state index contributed by atoms with van der Waals surface area (Å²) in [6.45, 7) is 6.19. The largest absolute Gasteiger partial charge is 0.431 e. The van der Waals surface area contributed by atoms with Gasteiger partial charge in [0.05, 0.1) is 11.2 Å². The van der Waals surface area contributed by atoms with Gasteiger partial charge in [0.2, 0.25) is 11.7 Å². The third-order valence-electron chi connectivity index (χ3n) is 4.15. The van der Waals surface area contributed by atoms with Crippen molar-refractivity contribution in [3.05, 3.63) is 41.8 Å². The Bertz CT molecular complexity index is 628. The number of halogens is 1. The highest BCUT2D eigenvalue weighted by molar-refractivity contribution is 5.93. The monoisotopic (exact) mass is 337 g/mol. The quantitative estimate of drug-likeness (QED) is 0.847. The fourth-order valence-corrected chi connectivity index (χ4v) is 2.38. The third kappa shape index (κ3) is 4.12. The molecule has 23 heavy (non-hydrogen) atoms. The van der Waals surface area contributed by atoms with Crippen LogP contribution in [-0.4, -0.2) is 23.0 Å². The number of rotatable bonds is 6. The molecular formula is C17H24ClN3O2. The van der Waals surface area contributed by atoms with E-state index in [1.807, 2.05) is 44.2 Å². The first-order chi connectivity index (χ1) is 10.5. The summed E-state index contributed by atoms with van der Waals surface area (Å²) in [5.74, 6) is 0.439. The van der Waals surface area contributed by atoms with Gasteiger partial charge in [0.25, 0.3) is 5.91 Å². The lowest BCUT2D eigenvalue weighted by Crippen LogP contribution is -2.52. The van der Waals surface area contributed by atoms with Crippen LogP contribution in [-0.2, 0) is 0 Å². The molecular weight excluding hydrogens is 314 g/mol. The maximum Gasteiger partial charge on any atom is 0.289 e. The molecule has 0 aliphatic carbocycles. The molecule has 0 aliphatic rings. The van der Waals surface area contributed by atoms with E-state index in [1.165, 1.54) is 0 Å². The lowest BCUT2D eigenvalue weighted by Gasteiger charge is -2.31. The van der Waals surface area contributed by atoms with E-state index < -0.39 is 5.54 Å². The minimum Gasteiger partial charge on any atom is -0.431 e. The molecule has 6 heteroatoms. The van der Waals surface area contributed by atoms with Gasteiger partial charge in [-0.15, -0.1) is 12.4 Å². The number of nitrogens with two attached hydrogens (primary N) is 1.